The van der Waals surface area contributed by atoms with E-state index in [4.69, 9.17) is 18.9 Å². The smallest absolute Gasteiger partial charge is 0.458 e. The molecule has 2 spiro atoms. The molecule has 6 rings (SSSR count). The van der Waals surface area contributed by atoms with Crippen LogP contribution < -0.4 is 0 Å². The molecule has 0 aromatic carbocycles. The van der Waals surface area contributed by atoms with Gasteiger partial charge < -0.3 is 29.2 Å². The standard InChI is InChI=1S/C22H25F3O8/c1-8(2)19(29)13(31-17(28)22(23,24)25)14-21(33-14)18(3)5-4-9-10(7-30-15(9)26)11(18)6-12-20(21,32-12)16(19)27/h8,11-14,16,27,29H,4-7H2,1-3H3/t11-,12-,13+,14-,16+,18-,19-,20+,21+/m0/s1. The van der Waals surface area contributed by atoms with Crippen LogP contribution in [0.3, 0.4) is 0 Å². The summed E-state index contributed by atoms with van der Waals surface area (Å²) in [5.41, 5.74) is -4.09. The number of esters is 2. The second-order valence-electron chi connectivity index (χ2n) is 10.7. The van der Waals surface area contributed by atoms with Crippen molar-refractivity contribution in [3.05, 3.63) is 11.1 Å². The highest BCUT2D eigenvalue weighted by Gasteiger charge is 2.97. The van der Waals surface area contributed by atoms with Crippen molar-refractivity contribution in [2.75, 3.05) is 6.61 Å². The van der Waals surface area contributed by atoms with E-state index in [0.29, 0.717) is 24.8 Å². The predicted octanol–water partition coefficient (Wildman–Crippen LogP) is 1.17. The van der Waals surface area contributed by atoms with Gasteiger partial charge in [-0.2, -0.15) is 13.2 Å². The molecule has 6 aliphatic rings. The van der Waals surface area contributed by atoms with Gasteiger partial charge in [-0.05, 0) is 36.7 Å². The molecular formula is C22H25F3O8. The van der Waals surface area contributed by atoms with Crippen molar-refractivity contribution in [2.24, 2.45) is 17.3 Å². The van der Waals surface area contributed by atoms with Crippen molar-refractivity contribution in [2.45, 2.75) is 87.4 Å². The van der Waals surface area contributed by atoms with E-state index in [1.54, 1.807) is 0 Å². The second-order valence-corrected chi connectivity index (χ2v) is 10.7. The molecule has 2 saturated carbocycles. The minimum Gasteiger partial charge on any atom is -0.458 e. The Bertz CT molecular complexity index is 1010. The Morgan fingerprint density at radius 2 is 1.97 bits per heavy atom. The second kappa shape index (κ2) is 5.92. The molecule has 3 aliphatic carbocycles. The number of epoxide rings is 2. The first kappa shape index (κ1) is 21.8. The molecule has 3 aliphatic heterocycles. The number of ether oxygens (including phenoxy) is 4. The normalized spacial score (nSPS) is 51.7. The summed E-state index contributed by atoms with van der Waals surface area (Å²) in [6, 6.07) is 0. The largest absolute Gasteiger partial charge is 0.490 e. The highest BCUT2D eigenvalue weighted by molar-refractivity contribution is 5.92. The lowest BCUT2D eigenvalue weighted by molar-refractivity contribution is -0.250. The fourth-order valence-electron chi connectivity index (χ4n) is 7.61. The molecule has 4 fully saturated rings. The molecule has 0 aromatic rings. The number of rotatable bonds is 2. The van der Waals surface area contributed by atoms with Crippen LogP contribution in [-0.2, 0) is 28.5 Å². The molecule has 0 unspecified atom stereocenters. The molecule has 33 heavy (non-hydrogen) atoms. The third kappa shape index (κ3) is 2.19. The molecule has 11 heteroatoms. The zero-order valence-corrected chi connectivity index (χ0v) is 18.3. The van der Waals surface area contributed by atoms with Crippen LogP contribution in [0.4, 0.5) is 13.2 Å². The van der Waals surface area contributed by atoms with Crippen molar-refractivity contribution in [3.8, 4) is 0 Å². The van der Waals surface area contributed by atoms with E-state index in [1.165, 1.54) is 13.8 Å². The Morgan fingerprint density at radius 1 is 1.27 bits per heavy atom. The maximum Gasteiger partial charge on any atom is 0.490 e. The molecule has 0 aromatic heterocycles. The molecule has 0 amide bonds. The van der Waals surface area contributed by atoms with Crippen LogP contribution in [0.1, 0.15) is 40.0 Å². The number of carbonyl (C=O) groups is 2. The van der Waals surface area contributed by atoms with Crippen LogP contribution in [0, 0.1) is 17.3 Å². The van der Waals surface area contributed by atoms with Gasteiger partial charge in [0.25, 0.3) is 0 Å². The lowest BCUT2D eigenvalue weighted by Gasteiger charge is -2.57. The molecule has 8 nitrogen and oxygen atoms in total. The van der Waals surface area contributed by atoms with E-state index in [2.05, 4.69) is 0 Å². The van der Waals surface area contributed by atoms with Gasteiger partial charge in [0.05, 0.1) is 6.10 Å². The number of carbonyl (C=O) groups excluding carboxylic acids is 2. The lowest BCUT2D eigenvalue weighted by Crippen LogP contribution is -2.76. The van der Waals surface area contributed by atoms with Crippen LogP contribution >= 0.6 is 0 Å². The Kier molecular flexibility index (Phi) is 3.92. The Morgan fingerprint density at radius 3 is 2.61 bits per heavy atom. The van der Waals surface area contributed by atoms with Gasteiger partial charge in [0.1, 0.15) is 30.0 Å². The maximum atomic E-state index is 13.1. The molecule has 182 valence electrons. The number of halogens is 3. The summed E-state index contributed by atoms with van der Waals surface area (Å²) in [6.07, 6.45) is -8.98. The number of alkyl halides is 3. The SMILES string of the molecule is CC(C)[C@]1(O)[C@H](OC(=O)C(F)(F)F)[C@@H]2O[C@]23[C@]2(O[C@H]2C[C@H]2C4=C(CC[C@@]23C)C(=O)OC4)[C@@H]1O. The average molecular weight is 474 g/mol. The van der Waals surface area contributed by atoms with Gasteiger partial charge in [-0.25, -0.2) is 9.59 Å². The summed E-state index contributed by atoms with van der Waals surface area (Å²) < 4.78 is 61.6. The number of fused-ring (bicyclic) bond motifs is 2. The fraction of sp³-hybridized carbons (Fsp3) is 0.818. The fourth-order valence-corrected chi connectivity index (χ4v) is 7.61. The maximum absolute atomic E-state index is 13.1. The average Bonchev–Trinajstić information content (AvgIpc) is 3.61. The van der Waals surface area contributed by atoms with Gasteiger partial charge >= 0.3 is 18.1 Å². The zero-order valence-electron chi connectivity index (χ0n) is 18.3. The van der Waals surface area contributed by atoms with Gasteiger partial charge in [-0.3, -0.25) is 0 Å². The van der Waals surface area contributed by atoms with Gasteiger partial charge in [-0.1, -0.05) is 20.8 Å². The first-order valence-corrected chi connectivity index (χ1v) is 11.2. The number of cyclic esters (lactones) is 1. The summed E-state index contributed by atoms with van der Waals surface area (Å²) in [6.45, 7) is 5.13. The monoisotopic (exact) mass is 474 g/mol. The predicted molar refractivity (Wildman–Crippen MR) is 100 cm³/mol. The summed E-state index contributed by atoms with van der Waals surface area (Å²) in [4.78, 5) is 24.0. The molecule has 0 radical (unpaired) electrons. The zero-order chi connectivity index (χ0) is 23.9. The van der Waals surface area contributed by atoms with Crippen LogP contribution in [0.5, 0.6) is 0 Å². The van der Waals surface area contributed by atoms with Crippen molar-refractivity contribution >= 4 is 11.9 Å². The highest BCUT2D eigenvalue weighted by Crippen LogP contribution is 2.80. The highest BCUT2D eigenvalue weighted by atomic mass is 19.4. The minimum atomic E-state index is -5.27. The summed E-state index contributed by atoms with van der Waals surface area (Å²) in [7, 11) is 0. The van der Waals surface area contributed by atoms with Crippen LogP contribution in [0.2, 0.25) is 0 Å². The Labute approximate surface area is 187 Å². The molecule has 3 heterocycles. The van der Waals surface area contributed by atoms with E-state index in [9.17, 15) is 33.0 Å². The van der Waals surface area contributed by atoms with E-state index in [0.717, 1.165) is 5.57 Å². The van der Waals surface area contributed by atoms with E-state index >= 15 is 0 Å². The van der Waals surface area contributed by atoms with E-state index < -0.39 is 64.7 Å². The molecule has 9 atom stereocenters. The first-order valence-electron chi connectivity index (χ1n) is 11.2. The van der Waals surface area contributed by atoms with Crippen LogP contribution in [0.15, 0.2) is 11.1 Å². The lowest BCUT2D eigenvalue weighted by atomic mass is 9.45. The van der Waals surface area contributed by atoms with Crippen LogP contribution in [-0.4, -0.2) is 76.2 Å². The van der Waals surface area contributed by atoms with Crippen molar-refractivity contribution in [1.82, 2.24) is 0 Å². The van der Waals surface area contributed by atoms with Gasteiger partial charge in [-0.15, -0.1) is 0 Å². The third-order valence-corrected chi connectivity index (χ3v) is 9.34. The van der Waals surface area contributed by atoms with Gasteiger partial charge in [0, 0.05) is 11.0 Å². The summed E-state index contributed by atoms with van der Waals surface area (Å²) >= 11 is 0. The summed E-state index contributed by atoms with van der Waals surface area (Å²) in [5, 5.41) is 23.0. The van der Waals surface area contributed by atoms with Crippen LogP contribution in [0.25, 0.3) is 0 Å². The Balaban J connectivity index is 1.46. The molecule has 2 N–H and O–H groups in total. The number of hydrogen-bond acceptors (Lipinski definition) is 8. The van der Waals surface area contributed by atoms with E-state index in [1.807, 2.05) is 6.92 Å². The number of hydrogen-bond donors (Lipinski definition) is 2. The van der Waals surface area contributed by atoms with Crippen molar-refractivity contribution in [3.63, 3.8) is 0 Å². The number of aliphatic hydroxyl groups is 2. The number of aliphatic hydroxyl groups excluding tert-OH is 1. The third-order valence-electron chi connectivity index (χ3n) is 9.34. The minimum absolute atomic E-state index is 0.139. The quantitative estimate of drug-likeness (QED) is 0.453. The molecular weight excluding hydrogens is 449 g/mol. The molecule has 0 bridgehead atoms. The summed E-state index contributed by atoms with van der Waals surface area (Å²) in [5.74, 6) is -3.79. The van der Waals surface area contributed by atoms with E-state index in [-0.39, 0.29) is 18.5 Å². The topological polar surface area (TPSA) is 118 Å². The van der Waals surface area contributed by atoms with Gasteiger partial charge in [0.2, 0.25) is 0 Å². The Hall–Kier alpha value is -1.69. The van der Waals surface area contributed by atoms with Crippen molar-refractivity contribution in [1.29, 1.82) is 0 Å². The molecule has 2 saturated heterocycles. The van der Waals surface area contributed by atoms with Crippen molar-refractivity contribution < 1.29 is 51.9 Å². The van der Waals surface area contributed by atoms with Gasteiger partial charge in [0.15, 0.2) is 11.7 Å². The first-order chi connectivity index (χ1) is 15.3.